The van der Waals surface area contributed by atoms with Crippen LogP contribution < -0.4 is 0 Å². The van der Waals surface area contributed by atoms with Crippen molar-refractivity contribution in [3.05, 3.63) is 12.3 Å². The van der Waals surface area contributed by atoms with E-state index in [1.165, 1.54) is 44.9 Å². The number of thiol groups is 1. The fourth-order valence-corrected chi connectivity index (χ4v) is 2.10. The van der Waals surface area contributed by atoms with E-state index < -0.39 is 0 Å². The minimum Gasteiger partial charge on any atom is -0.513 e. The summed E-state index contributed by atoms with van der Waals surface area (Å²) in [6, 6.07) is 0. The Morgan fingerprint density at radius 3 is 2.13 bits per heavy atom. The topological polar surface area (TPSA) is 20.2 Å². The lowest BCUT2D eigenvalue weighted by Crippen LogP contribution is -2.04. The van der Waals surface area contributed by atoms with Crippen molar-refractivity contribution in [2.24, 2.45) is 5.92 Å². The van der Waals surface area contributed by atoms with Gasteiger partial charge in [-0.05, 0) is 6.42 Å². The summed E-state index contributed by atoms with van der Waals surface area (Å²) >= 11 is 4.21. The minimum atomic E-state index is 0.198. The second-order valence-corrected chi connectivity index (χ2v) is 4.65. The van der Waals surface area contributed by atoms with E-state index >= 15 is 0 Å². The van der Waals surface area contributed by atoms with Crippen LogP contribution >= 0.6 is 12.6 Å². The SMILES string of the molecule is C=C(O)C(CS)CCCCCCCCC. The van der Waals surface area contributed by atoms with Crippen LogP contribution in [0.4, 0.5) is 0 Å². The largest absolute Gasteiger partial charge is 0.513 e. The molecule has 1 atom stereocenters. The lowest BCUT2D eigenvalue weighted by molar-refractivity contribution is 0.331. The molecule has 1 nitrogen and oxygen atoms in total. The Morgan fingerprint density at radius 2 is 1.67 bits per heavy atom. The van der Waals surface area contributed by atoms with Gasteiger partial charge in [0.2, 0.25) is 0 Å². The molecule has 0 aromatic rings. The van der Waals surface area contributed by atoms with Crippen LogP contribution in [0.1, 0.15) is 58.3 Å². The van der Waals surface area contributed by atoms with Gasteiger partial charge in [-0.2, -0.15) is 12.6 Å². The van der Waals surface area contributed by atoms with E-state index in [1.807, 2.05) is 0 Å². The second kappa shape index (κ2) is 10.4. The van der Waals surface area contributed by atoms with E-state index in [1.54, 1.807) is 0 Å². The molecule has 90 valence electrons. The predicted molar refractivity (Wildman–Crippen MR) is 71.7 cm³/mol. The highest BCUT2D eigenvalue weighted by atomic mass is 32.1. The fraction of sp³-hybridized carbons (Fsp3) is 0.846. The van der Waals surface area contributed by atoms with Gasteiger partial charge < -0.3 is 5.11 Å². The van der Waals surface area contributed by atoms with Crippen molar-refractivity contribution in [3.63, 3.8) is 0 Å². The zero-order chi connectivity index (χ0) is 11.5. The predicted octanol–water partition coefficient (Wildman–Crippen LogP) is 4.74. The number of rotatable bonds is 10. The van der Waals surface area contributed by atoms with Crippen molar-refractivity contribution < 1.29 is 5.11 Å². The number of unbranched alkanes of at least 4 members (excludes halogenated alkanes) is 6. The van der Waals surface area contributed by atoms with E-state index in [9.17, 15) is 5.11 Å². The van der Waals surface area contributed by atoms with E-state index in [2.05, 4.69) is 26.1 Å². The monoisotopic (exact) mass is 230 g/mol. The maximum absolute atomic E-state index is 9.24. The third kappa shape index (κ3) is 8.86. The normalized spacial score (nSPS) is 12.7. The lowest BCUT2D eigenvalue weighted by atomic mass is 10.0. The van der Waals surface area contributed by atoms with Crippen molar-refractivity contribution in [1.29, 1.82) is 0 Å². The molecule has 0 fully saturated rings. The van der Waals surface area contributed by atoms with Crippen LogP contribution in [0.5, 0.6) is 0 Å². The Hall–Kier alpha value is -0.110. The summed E-state index contributed by atoms with van der Waals surface area (Å²) in [5.41, 5.74) is 0. The van der Waals surface area contributed by atoms with Gasteiger partial charge in [0.05, 0.1) is 5.76 Å². The third-order valence-corrected chi connectivity index (χ3v) is 3.29. The Balaban J connectivity index is 3.25. The molecule has 0 saturated heterocycles. The second-order valence-electron chi connectivity index (χ2n) is 4.28. The third-order valence-electron chi connectivity index (χ3n) is 2.85. The highest BCUT2D eigenvalue weighted by molar-refractivity contribution is 7.80. The standard InChI is InChI=1S/C13H26OS/c1-3-4-5-6-7-8-9-10-13(11-15)12(2)14/h13-15H,2-11H2,1H3. The quantitative estimate of drug-likeness (QED) is 0.315. The highest BCUT2D eigenvalue weighted by Crippen LogP contribution is 2.18. The van der Waals surface area contributed by atoms with Crippen molar-refractivity contribution in [2.75, 3.05) is 5.75 Å². The van der Waals surface area contributed by atoms with Gasteiger partial charge >= 0.3 is 0 Å². The molecule has 0 aromatic heterocycles. The number of aliphatic hydroxyl groups is 1. The fourth-order valence-electron chi connectivity index (χ4n) is 1.71. The number of hydrogen-bond acceptors (Lipinski definition) is 2. The van der Waals surface area contributed by atoms with E-state index in [0.29, 0.717) is 11.5 Å². The summed E-state index contributed by atoms with van der Waals surface area (Å²) in [7, 11) is 0. The van der Waals surface area contributed by atoms with Crippen LogP contribution in [0.25, 0.3) is 0 Å². The molecular weight excluding hydrogens is 204 g/mol. The minimum absolute atomic E-state index is 0.198. The molecule has 1 unspecified atom stereocenters. The van der Waals surface area contributed by atoms with Crippen LogP contribution in [0.15, 0.2) is 12.3 Å². The van der Waals surface area contributed by atoms with Crippen molar-refractivity contribution in [3.8, 4) is 0 Å². The van der Waals surface area contributed by atoms with Crippen LogP contribution in [0.2, 0.25) is 0 Å². The number of aliphatic hydroxyl groups excluding tert-OH is 1. The van der Waals surface area contributed by atoms with Gasteiger partial charge in [-0.3, -0.25) is 0 Å². The summed E-state index contributed by atoms with van der Waals surface area (Å²) < 4.78 is 0. The maximum atomic E-state index is 9.24. The summed E-state index contributed by atoms with van der Waals surface area (Å²) in [5.74, 6) is 1.21. The number of hydrogen-bond donors (Lipinski definition) is 2. The molecule has 1 N–H and O–H groups in total. The first-order chi connectivity index (χ1) is 7.22. The molecule has 0 saturated carbocycles. The van der Waals surface area contributed by atoms with E-state index in [-0.39, 0.29) is 5.92 Å². The summed E-state index contributed by atoms with van der Waals surface area (Å²) in [6.45, 7) is 5.81. The molecule has 0 aliphatic carbocycles. The summed E-state index contributed by atoms with van der Waals surface area (Å²) in [6.07, 6.45) is 10.2. The molecule has 0 aliphatic heterocycles. The van der Waals surface area contributed by atoms with Gasteiger partial charge in [0.25, 0.3) is 0 Å². The molecule has 0 heterocycles. The molecule has 0 bridgehead atoms. The molecule has 0 radical (unpaired) electrons. The molecule has 0 aliphatic rings. The Kier molecular flexibility index (Phi) is 10.3. The Bertz CT molecular complexity index is 157. The van der Waals surface area contributed by atoms with Gasteiger partial charge in [-0.25, -0.2) is 0 Å². The first kappa shape index (κ1) is 14.9. The van der Waals surface area contributed by atoms with E-state index in [0.717, 1.165) is 6.42 Å². The first-order valence-corrected chi connectivity index (χ1v) is 6.84. The average molecular weight is 230 g/mol. The van der Waals surface area contributed by atoms with Gasteiger partial charge in [-0.1, -0.05) is 58.4 Å². The smallest absolute Gasteiger partial charge is 0.0890 e. The average Bonchev–Trinajstić information content (AvgIpc) is 2.21. The summed E-state index contributed by atoms with van der Waals surface area (Å²) in [5, 5.41) is 9.24. The van der Waals surface area contributed by atoms with Gasteiger partial charge in [0.1, 0.15) is 0 Å². The van der Waals surface area contributed by atoms with Crippen molar-refractivity contribution in [1.82, 2.24) is 0 Å². The molecule has 15 heavy (non-hydrogen) atoms. The van der Waals surface area contributed by atoms with Crippen molar-refractivity contribution in [2.45, 2.75) is 58.3 Å². The van der Waals surface area contributed by atoms with Crippen molar-refractivity contribution >= 4 is 12.6 Å². The zero-order valence-electron chi connectivity index (χ0n) is 10.0. The molecule has 2 heteroatoms. The van der Waals surface area contributed by atoms with Crippen LogP contribution in [-0.4, -0.2) is 10.9 Å². The van der Waals surface area contributed by atoms with Gasteiger partial charge in [-0.15, -0.1) is 0 Å². The van der Waals surface area contributed by atoms with Crippen LogP contribution in [0, 0.1) is 5.92 Å². The molecule has 0 aromatic carbocycles. The maximum Gasteiger partial charge on any atom is 0.0890 e. The lowest BCUT2D eigenvalue weighted by Gasteiger charge is -2.12. The molecular formula is C13H26OS. The molecule has 0 rings (SSSR count). The zero-order valence-corrected chi connectivity index (χ0v) is 10.9. The Morgan fingerprint density at radius 1 is 1.13 bits per heavy atom. The van der Waals surface area contributed by atoms with Crippen LogP contribution in [-0.2, 0) is 0 Å². The van der Waals surface area contributed by atoms with Crippen LogP contribution in [0.3, 0.4) is 0 Å². The first-order valence-electron chi connectivity index (χ1n) is 6.21. The molecule has 0 spiro atoms. The number of allylic oxidation sites excluding steroid dienone is 1. The molecule has 0 amide bonds. The van der Waals surface area contributed by atoms with Gasteiger partial charge in [0.15, 0.2) is 0 Å². The Labute approximate surface area is 100 Å². The summed E-state index contributed by atoms with van der Waals surface area (Å²) in [4.78, 5) is 0. The van der Waals surface area contributed by atoms with Gasteiger partial charge in [0, 0.05) is 11.7 Å². The van der Waals surface area contributed by atoms with E-state index in [4.69, 9.17) is 0 Å². The highest BCUT2D eigenvalue weighted by Gasteiger charge is 2.08.